The van der Waals surface area contributed by atoms with Gasteiger partial charge in [0.25, 0.3) is 0 Å². The Labute approximate surface area is 95.6 Å². The maximum atomic E-state index is 12.4. The number of carboxylic acid groups (broad SMARTS) is 1. The van der Waals surface area contributed by atoms with Crippen LogP contribution in [0.2, 0.25) is 0 Å². The van der Waals surface area contributed by atoms with E-state index in [1.807, 2.05) is 6.92 Å². The van der Waals surface area contributed by atoms with Gasteiger partial charge >= 0.3 is 5.97 Å². The molecule has 90 valence electrons. The van der Waals surface area contributed by atoms with Crippen molar-refractivity contribution >= 4 is 17.7 Å². The highest BCUT2D eigenvalue weighted by Crippen LogP contribution is 2.17. The van der Waals surface area contributed by atoms with Crippen LogP contribution in [-0.2, 0) is 4.79 Å². The molecule has 0 saturated heterocycles. The van der Waals surface area contributed by atoms with Gasteiger partial charge in [0, 0.05) is 0 Å². The lowest BCUT2D eigenvalue weighted by atomic mass is 10.1. The fourth-order valence-corrected chi connectivity index (χ4v) is 2.33. The minimum Gasteiger partial charge on any atom is -0.480 e. The third-order valence-electron chi connectivity index (χ3n) is 2.21. The van der Waals surface area contributed by atoms with Crippen LogP contribution in [0.3, 0.4) is 0 Å². The Hall–Kier alpha value is -0.250. The molecule has 0 aromatic carbocycles. The quantitative estimate of drug-likeness (QED) is 0.622. The molecule has 0 aliphatic carbocycles. The number of aliphatic carboxylic acids is 1. The number of rotatable bonds is 9. The third-order valence-corrected chi connectivity index (χ3v) is 3.67. The largest absolute Gasteiger partial charge is 0.480 e. The van der Waals surface area contributed by atoms with E-state index in [4.69, 9.17) is 5.11 Å². The first kappa shape index (κ1) is 14.8. The molecule has 0 aromatic rings. The molecule has 0 bridgehead atoms. The van der Waals surface area contributed by atoms with Gasteiger partial charge in [-0.15, -0.1) is 11.8 Å². The highest BCUT2D eigenvalue weighted by molar-refractivity contribution is 8.00. The monoisotopic (exact) mass is 236 g/mol. The Bertz CT molecular complexity index is 174. The highest BCUT2D eigenvalue weighted by atomic mass is 32.2. The SMILES string of the molecule is CCC(SCCCCCC(C)F)C(=O)O. The minimum atomic E-state index is -0.722. The van der Waals surface area contributed by atoms with E-state index in [1.165, 1.54) is 11.8 Å². The number of hydrogen-bond acceptors (Lipinski definition) is 2. The lowest BCUT2D eigenvalue weighted by Crippen LogP contribution is -2.15. The standard InChI is InChI=1S/C11H21FO2S/c1-3-10(11(13)14)15-8-6-4-5-7-9(2)12/h9-10H,3-8H2,1-2H3,(H,13,14). The summed E-state index contributed by atoms with van der Waals surface area (Å²) in [6, 6.07) is 0. The summed E-state index contributed by atoms with van der Waals surface area (Å²) in [4.78, 5) is 10.7. The number of thioether (sulfide) groups is 1. The van der Waals surface area contributed by atoms with Gasteiger partial charge in [-0.1, -0.05) is 19.8 Å². The van der Waals surface area contributed by atoms with Crippen LogP contribution < -0.4 is 0 Å². The third kappa shape index (κ3) is 8.73. The molecule has 2 nitrogen and oxygen atoms in total. The van der Waals surface area contributed by atoms with Crippen molar-refractivity contribution in [2.45, 2.75) is 57.4 Å². The van der Waals surface area contributed by atoms with Gasteiger partial charge in [0.05, 0.1) is 6.17 Å². The van der Waals surface area contributed by atoms with Crippen LogP contribution in [0, 0.1) is 0 Å². The van der Waals surface area contributed by atoms with Crippen LogP contribution in [0.4, 0.5) is 4.39 Å². The predicted octanol–water partition coefficient (Wildman–Crippen LogP) is 3.50. The molecule has 2 atom stereocenters. The lowest BCUT2D eigenvalue weighted by molar-refractivity contribution is -0.136. The van der Waals surface area contributed by atoms with Crippen molar-refractivity contribution in [3.8, 4) is 0 Å². The molecule has 15 heavy (non-hydrogen) atoms. The van der Waals surface area contributed by atoms with Crippen molar-refractivity contribution in [3.63, 3.8) is 0 Å². The first-order chi connectivity index (χ1) is 7.07. The summed E-state index contributed by atoms with van der Waals surface area (Å²) in [5, 5.41) is 8.51. The Kier molecular flexibility index (Phi) is 8.86. The molecule has 0 saturated carbocycles. The zero-order valence-electron chi connectivity index (χ0n) is 9.54. The first-order valence-electron chi connectivity index (χ1n) is 5.56. The second kappa shape index (κ2) is 9.01. The maximum absolute atomic E-state index is 12.4. The Balaban J connectivity index is 3.33. The summed E-state index contributed by atoms with van der Waals surface area (Å²) in [5.41, 5.74) is 0. The topological polar surface area (TPSA) is 37.3 Å². The van der Waals surface area contributed by atoms with Crippen molar-refractivity contribution in [1.82, 2.24) is 0 Å². The summed E-state index contributed by atoms with van der Waals surface area (Å²) >= 11 is 1.50. The number of unbranched alkanes of at least 4 members (excludes halogenated alkanes) is 2. The van der Waals surface area contributed by atoms with Gasteiger partial charge in [0.1, 0.15) is 5.25 Å². The van der Waals surface area contributed by atoms with Crippen molar-refractivity contribution in [2.75, 3.05) is 5.75 Å². The van der Waals surface area contributed by atoms with Gasteiger partial charge in [-0.05, 0) is 31.9 Å². The second-order valence-electron chi connectivity index (χ2n) is 3.74. The fraction of sp³-hybridized carbons (Fsp3) is 0.909. The average Bonchev–Trinajstić information content (AvgIpc) is 2.15. The van der Waals surface area contributed by atoms with Gasteiger partial charge in [-0.25, -0.2) is 4.39 Å². The molecule has 0 spiro atoms. The molecule has 2 unspecified atom stereocenters. The Morgan fingerprint density at radius 2 is 2.07 bits per heavy atom. The molecule has 1 N–H and O–H groups in total. The summed E-state index contributed by atoms with van der Waals surface area (Å²) < 4.78 is 12.4. The van der Waals surface area contributed by atoms with E-state index in [2.05, 4.69) is 0 Å². The van der Waals surface area contributed by atoms with Crippen molar-refractivity contribution in [1.29, 1.82) is 0 Å². The van der Waals surface area contributed by atoms with Gasteiger partial charge in [-0.2, -0.15) is 0 Å². The van der Waals surface area contributed by atoms with Crippen LogP contribution in [0.25, 0.3) is 0 Å². The van der Waals surface area contributed by atoms with Crippen molar-refractivity contribution in [3.05, 3.63) is 0 Å². The highest BCUT2D eigenvalue weighted by Gasteiger charge is 2.14. The molecule has 0 aliphatic rings. The summed E-state index contributed by atoms with van der Waals surface area (Å²) in [5.74, 6) is 0.144. The van der Waals surface area contributed by atoms with Gasteiger partial charge in [-0.3, -0.25) is 4.79 Å². The number of alkyl halides is 1. The zero-order chi connectivity index (χ0) is 11.7. The molecule has 0 aliphatic heterocycles. The number of halogens is 1. The van der Waals surface area contributed by atoms with Crippen LogP contribution in [0.1, 0.15) is 46.0 Å². The van der Waals surface area contributed by atoms with E-state index in [0.29, 0.717) is 12.8 Å². The van der Waals surface area contributed by atoms with Crippen LogP contribution in [0.15, 0.2) is 0 Å². The molecule has 0 heterocycles. The first-order valence-corrected chi connectivity index (χ1v) is 6.61. The van der Waals surface area contributed by atoms with Crippen LogP contribution in [0.5, 0.6) is 0 Å². The number of hydrogen-bond donors (Lipinski definition) is 1. The molecule has 0 amide bonds. The normalized spacial score (nSPS) is 14.9. The second-order valence-corrected chi connectivity index (χ2v) is 5.05. The fourth-order valence-electron chi connectivity index (χ4n) is 1.29. The smallest absolute Gasteiger partial charge is 0.316 e. The zero-order valence-corrected chi connectivity index (χ0v) is 10.4. The molecule has 0 aromatic heterocycles. The molecule has 0 fully saturated rings. The number of carbonyl (C=O) groups is 1. The van der Waals surface area contributed by atoms with Crippen LogP contribution in [-0.4, -0.2) is 28.3 Å². The van der Waals surface area contributed by atoms with E-state index in [-0.39, 0.29) is 5.25 Å². The molecule has 0 radical (unpaired) electrons. The summed E-state index contributed by atoms with van der Waals surface area (Å²) in [6.07, 6.45) is 3.48. The van der Waals surface area contributed by atoms with Gasteiger partial charge < -0.3 is 5.11 Å². The van der Waals surface area contributed by atoms with Gasteiger partial charge in [0.2, 0.25) is 0 Å². The molecule has 0 rings (SSSR count). The van der Waals surface area contributed by atoms with E-state index >= 15 is 0 Å². The summed E-state index contributed by atoms with van der Waals surface area (Å²) in [7, 11) is 0. The lowest BCUT2D eigenvalue weighted by Gasteiger charge is -2.08. The van der Waals surface area contributed by atoms with Gasteiger partial charge in [0.15, 0.2) is 0 Å². The van der Waals surface area contributed by atoms with E-state index in [9.17, 15) is 9.18 Å². The van der Waals surface area contributed by atoms with Crippen molar-refractivity contribution < 1.29 is 14.3 Å². The Morgan fingerprint density at radius 1 is 1.40 bits per heavy atom. The molecular formula is C11H21FO2S. The van der Waals surface area contributed by atoms with E-state index in [1.54, 1.807) is 6.92 Å². The minimum absolute atomic E-state index is 0.273. The van der Waals surface area contributed by atoms with Crippen LogP contribution >= 0.6 is 11.8 Å². The number of carboxylic acids is 1. The summed E-state index contributed by atoms with van der Waals surface area (Å²) in [6.45, 7) is 3.46. The predicted molar refractivity (Wildman–Crippen MR) is 63.2 cm³/mol. The average molecular weight is 236 g/mol. The maximum Gasteiger partial charge on any atom is 0.316 e. The van der Waals surface area contributed by atoms with Crippen molar-refractivity contribution in [2.24, 2.45) is 0 Å². The molecule has 4 heteroatoms. The molecular weight excluding hydrogens is 215 g/mol. The van der Waals surface area contributed by atoms with E-state index < -0.39 is 12.1 Å². The Morgan fingerprint density at radius 3 is 2.53 bits per heavy atom. The van der Waals surface area contributed by atoms with E-state index in [0.717, 1.165) is 25.0 Å².